The highest BCUT2D eigenvalue weighted by atomic mass is 16.1. The molecule has 1 aromatic heterocycles. The van der Waals surface area contributed by atoms with Gasteiger partial charge in [0.1, 0.15) is 0 Å². The number of aromatic amines is 1. The zero-order valence-corrected chi connectivity index (χ0v) is 13.6. The van der Waals surface area contributed by atoms with Gasteiger partial charge >= 0.3 is 0 Å². The zero-order chi connectivity index (χ0) is 17.8. The minimum absolute atomic E-state index is 0.0747. The van der Waals surface area contributed by atoms with E-state index in [0.29, 0.717) is 16.8 Å². The lowest BCUT2D eigenvalue weighted by atomic mass is 10.1. The highest BCUT2D eigenvalue weighted by molar-refractivity contribution is 6.03. The molecule has 0 fully saturated rings. The molecule has 0 radical (unpaired) electrons. The number of rotatable bonds is 4. The molecule has 0 aliphatic heterocycles. The molecular weight excluding hydrogens is 316 g/mol. The number of nitrogens with one attached hydrogen (secondary N) is 2. The summed E-state index contributed by atoms with van der Waals surface area (Å²) in [7, 11) is 0. The summed E-state index contributed by atoms with van der Waals surface area (Å²) in [5.74, 6) is -0.456. The number of carbonyl (C=O) groups is 2. The van der Waals surface area contributed by atoms with Crippen LogP contribution in [0.5, 0.6) is 0 Å². The second kappa shape index (κ2) is 6.97. The summed E-state index contributed by atoms with van der Waals surface area (Å²) in [6.07, 6.45) is 2.76. The molecule has 0 aliphatic rings. The number of H-pyrrole nitrogens is 1. The van der Waals surface area contributed by atoms with Crippen molar-refractivity contribution in [3.05, 3.63) is 82.2 Å². The van der Waals surface area contributed by atoms with Crippen molar-refractivity contribution in [1.29, 1.82) is 0 Å². The molecule has 2 aromatic carbocycles. The van der Waals surface area contributed by atoms with Crippen LogP contribution in [0.2, 0.25) is 0 Å². The van der Waals surface area contributed by atoms with E-state index in [4.69, 9.17) is 0 Å². The van der Waals surface area contributed by atoms with Crippen LogP contribution in [0.4, 0.5) is 5.69 Å². The Hall–Kier alpha value is -3.47. The predicted octanol–water partition coefficient (Wildman–Crippen LogP) is 3.38. The highest BCUT2D eigenvalue weighted by Crippen LogP contribution is 2.12. The van der Waals surface area contributed by atoms with Crippen molar-refractivity contribution >= 4 is 34.4 Å². The fourth-order valence-corrected chi connectivity index (χ4v) is 2.45. The number of hydrogen-bond acceptors (Lipinski definition) is 3. The molecule has 5 heteroatoms. The molecule has 25 heavy (non-hydrogen) atoms. The van der Waals surface area contributed by atoms with Gasteiger partial charge in [-0.3, -0.25) is 14.4 Å². The first kappa shape index (κ1) is 16.4. The van der Waals surface area contributed by atoms with Gasteiger partial charge in [-0.1, -0.05) is 30.3 Å². The quantitative estimate of drug-likeness (QED) is 0.568. The average Bonchev–Trinajstić information content (AvgIpc) is 2.60. The maximum atomic E-state index is 12.0. The topological polar surface area (TPSA) is 79.0 Å². The molecule has 0 atom stereocenters. The van der Waals surface area contributed by atoms with Gasteiger partial charge in [-0.15, -0.1) is 0 Å². The van der Waals surface area contributed by atoms with Crippen LogP contribution in [0, 0.1) is 0 Å². The largest absolute Gasteiger partial charge is 0.322 e. The van der Waals surface area contributed by atoms with Gasteiger partial charge in [0.15, 0.2) is 5.78 Å². The van der Waals surface area contributed by atoms with E-state index in [1.807, 2.05) is 24.3 Å². The molecule has 3 aromatic rings. The Bertz CT molecular complexity index is 1050. The zero-order valence-electron chi connectivity index (χ0n) is 13.6. The molecule has 124 valence electrons. The molecule has 0 aliphatic carbocycles. The molecule has 0 saturated heterocycles. The number of para-hydroxylation sites is 1. The lowest BCUT2D eigenvalue weighted by Gasteiger charge is -2.04. The predicted molar refractivity (Wildman–Crippen MR) is 98.7 cm³/mol. The third kappa shape index (κ3) is 3.90. The summed E-state index contributed by atoms with van der Waals surface area (Å²) >= 11 is 0. The smallest absolute Gasteiger partial charge is 0.255 e. The fourth-order valence-electron chi connectivity index (χ4n) is 2.45. The molecule has 5 nitrogen and oxygen atoms in total. The van der Waals surface area contributed by atoms with Crippen LogP contribution in [-0.4, -0.2) is 16.7 Å². The first-order valence-electron chi connectivity index (χ1n) is 7.75. The average molecular weight is 332 g/mol. The van der Waals surface area contributed by atoms with Crippen molar-refractivity contribution in [1.82, 2.24) is 4.98 Å². The standard InChI is InChI=1S/C20H16N2O3/c1-13(23)14-6-4-7-17(12-14)21-19(24)10-9-16-11-15-5-2-3-8-18(15)22-20(16)25/h2-12H,1H3,(H,21,24)(H,22,25)/b10-9+. The number of carbonyl (C=O) groups excluding carboxylic acids is 2. The number of pyridine rings is 1. The van der Waals surface area contributed by atoms with E-state index in [2.05, 4.69) is 10.3 Å². The summed E-state index contributed by atoms with van der Waals surface area (Å²) in [6.45, 7) is 1.47. The van der Waals surface area contributed by atoms with Gasteiger partial charge in [-0.2, -0.15) is 0 Å². The molecule has 3 rings (SSSR count). The van der Waals surface area contributed by atoms with Gasteiger partial charge in [0.05, 0.1) is 0 Å². The Morgan fingerprint density at radius 2 is 1.84 bits per heavy atom. The van der Waals surface area contributed by atoms with E-state index in [0.717, 1.165) is 10.9 Å². The van der Waals surface area contributed by atoms with Crippen LogP contribution < -0.4 is 10.9 Å². The van der Waals surface area contributed by atoms with E-state index in [-0.39, 0.29) is 17.2 Å². The molecular formula is C20H16N2O3. The van der Waals surface area contributed by atoms with Crippen molar-refractivity contribution in [2.75, 3.05) is 5.32 Å². The van der Waals surface area contributed by atoms with Crippen molar-refractivity contribution < 1.29 is 9.59 Å². The number of anilines is 1. The van der Waals surface area contributed by atoms with Gasteiger partial charge in [0, 0.05) is 28.4 Å². The van der Waals surface area contributed by atoms with Gasteiger partial charge in [-0.05, 0) is 42.7 Å². The van der Waals surface area contributed by atoms with E-state index in [1.54, 1.807) is 30.3 Å². The molecule has 1 heterocycles. The number of hydrogen-bond donors (Lipinski definition) is 2. The lowest BCUT2D eigenvalue weighted by molar-refractivity contribution is -0.111. The lowest BCUT2D eigenvalue weighted by Crippen LogP contribution is -2.11. The SMILES string of the molecule is CC(=O)c1cccc(NC(=O)/C=C/c2cc3ccccc3[nH]c2=O)c1. The maximum absolute atomic E-state index is 12.0. The normalized spacial score (nSPS) is 10.9. The molecule has 1 amide bonds. The molecule has 0 bridgehead atoms. The van der Waals surface area contributed by atoms with Crippen LogP contribution in [0.1, 0.15) is 22.8 Å². The van der Waals surface area contributed by atoms with Gasteiger partial charge in [0.2, 0.25) is 5.91 Å². The van der Waals surface area contributed by atoms with E-state index < -0.39 is 0 Å². The Morgan fingerprint density at radius 3 is 2.64 bits per heavy atom. The molecule has 0 unspecified atom stereocenters. The van der Waals surface area contributed by atoms with Gasteiger partial charge in [0.25, 0.3) is 5.56 Å². The Labute approximate surface area is 144 Å². The van der Waals surface area contributed by atoms with E-state index >= 15 is 0 Å². The fraction of sp³-hybridized carbons (Fsp3) is 0.0500. The highest BCUT2D eigenvalue weighted by Gasteiger charge is 2.04. The molecule has 2 N–H and O–H groups in total. The van der Waals surface area contributed by atoms with Gasteiger partial charge < -0.3 is 10.3 Å². The van der Waals surface area contributed by atoms with Crippen LogP contribution in [-0.2, 0) is 4.79 Å². The van der Waals surface area contributed by atoms with Crippen LogP contribution in [0.3, 0.4) is 0 Å². The number of ketones is 1. The second-order valence-electron chi connectivity index (χ2n) is 5.60. The summed E-state index contributed by atoms with van der Waals surface area (Å²) in [5.41, 5.74) is 1.92. The maximum Gasteiger partial charge on any atom is 0.255 e. The van der Waals surface area contributed by atoms with Crippen molar-refractivity contribution in [2.24, 2.45) is 0 Å². The molecule has 0 saturated carbocycles. The number of amides is 1. The Balaban J connectivity index is 1.79. The monoisotopic (exact) mass is 332 g/mol. The first-order valence-corrected chi connectivity index (χ1v) is 7.75. The number of fused-ring (bicyclic) bond motifs is 1. The number of benzene rings is 2. The minimum atomic E-state index is -0.381. The van der Waals surface area contributed by atoms with Crippen LogP contribution in [0.25, 0.3) is 17.0 Å². The third-order valence-corrected chi connectivity index (χ3v) is 3.73. The minimum Gasteiger partial charge on any atom is -0.322 e. The summed E-state index contributed by atoms with van der Waals surface area (Å²) in [4.78, 5) is 38.2. The molecule has 0 spiro atoms. The summed E-state index contributed by atoms with van der Waals surface area (Å²) in [6, 6.07) is 15.8. The second-order valence-corrected chi connectivity index (χ2v) is 5.60. The van der Waals surface area contributed by atoms with Crippen molar-refractivity contribution in [3.63, 3.8) is 0 Å². The van der Waals surface area contributed by atoms with E-state index in [9.17, 15) is 14.4 Å². The van der Waals surface area contributed by atoms with Crippen LogP contribution in [0.15, 0.2) is 65.5 Å². The Morgan fingerprint density at radius 1 is 1.04 bits per heavy atom. The number of Topliss-reactive ketones (excluding diaryl/α,β-unsaturated/α-hetero) is 1. The Kier molecular flexibility index (Phi) is 4.57. The number of aromatic nitrogens is 1. The van der Waals surface area contributed by atoms with Crippen LogP contribution >= 0.6 is 0 Å². The van der Waals surface area contributed by atoms with E-state index in [1.165, 1.54) is 19.1 Å². The van der Waals surface area contributed by atoms with Gasteiger partial charge in [-0.25, -0.2) is 0 Å². The van der Waals surface area contributed by atoms with Crippen molar-refractivity contribution in [3.8, 4) is 0 Å². The summed E-state index contributed by atoms with van der Waals surface area (Å²) < 4.78 is 0. The van der Waals surface area contributed by atoms with Crippen molar-refractivity contribution in [2.45, 2.75) is 6.92 Å². The third-order valence-electron chi connectivity index (χ3n) is 3.73. The first-order chi connectivity index (χ1) is 12.0. The summed E-state index contributed by atoms with van der Waals surface area (Å²) in [5, 5.41) is 3.56.